The average molecular weight is 151 g/mol. The van der Waals surface area contributed by atoms with Crippen LogP contribution in [0.15, 0.2) is 18.3 Å². The van der Waals surface area contributed by atoms with Crippen LogP contribution in [0, 0.1) is 0 Å². The molecule has 1 N–H and O–H groups in total. The molecular weight excluding hydrogens is 138 g/mol. The number of aryl methyl sites for hydroxylation is 1. The van der Waals surface area contributed by atoms with Gasteiger partial charge in [0.25, 0.3) is 0 Å². The van der Waals surface area contributed by atoms with Crippen molar-refractivity contribution in [1.29, 1.82) is 0 Å². The Labute approximate surface area is 66.5 Å². The quantitative estimate of drug-likeness (QED) is 0.671. The van der Waals surface area contributed by atoms with E-state index in [0.717, 1.165) is 12.8 Å². The molecule has 1 saturated carbocycles. The second kappa shape index (κ2) is 2.11. The first-order valence-corrected chi connectivity index (χ1v) is 4.01. The number of aliphatic hydroxyl groups is 1. The van der Waals surface area contributed by atoms with Crippen molar-refractivity contribution in [2.24, 2.45) is 7.05 Å². The van der Waals surface area contributed by atoms with E-state index in [1.165, 1.54) is 5.69 Å². The molecule has 1 aliphatic rings. The molecule has 2 nitrogen and oxygen atoms in total. The summed E-state index contributed by atoms with van der Waals surface area (Å²) in [5, 5.41) is 9.14. The lowest BCUT2D eigenvalue weighted by Gasteiger charge is -2.12. The van der Waals surface area contributed by atoms with Gasteiger partial charge in [-0.1, -0.05) is 0 Å². The first kappa shape index (κ1) is 6.92. The monoisotopic (exact) mass is 151 g/mol. The van der Waals surface area contributed by atoms with Crippen molar-refractivity contribution in [3.8, 4) is 0 Å². The fourth-order valence-electron chi connectivity index (χ4n) is 1.66. The topological polar surface area (TPSA) is 25.2 Å². The van der Waals surface area contributed by atoms with Gasteiger partial charge in [0.05, 0.1) is 6.61 Å². The average Bonchev–Trinajstić information content (AvgIpc) is 2.70. The van der Waals surface area contributed by atoms with E-state index in [0.29, 0.717) is 6.61 Å². The van der Waals surface area contributed by atoms with Crippen LogP contribution in [0.25, 0.3) is 0 Å². The molecule has 1 heterocycles. The molecule has 0 unspecified atom stereocenters. The molecule has 1 aromatic rings. The number of hydrogen-bond acceptors (Lipinski definition) is 1. The van der Waals surface area contributed by atoms with Crippen LogP contribution in [0.4, 0.5) is 0 Å². The first-order valence-electron chi connectivity index (χ1n) is 4.01. The maximum atomic E-state index is 9.14. The van der Waals surface area contributed by atoms with Gasteiger partial charge >= 0.3 is 0 Å². The number of rotatable bonds is 2. The van der Waals surface area contributed by atoms with Crippen molar-refractivity contribution < 1.29 is 5.11 Å². The summed E-state index contributed by atoms with van der Waals surface area (Å²) >= 11 is 0. The third-order valence-corrected chi connectivity index (χ3v) is 2.64. The molecule has 0 saturated heterocycles. The van der Waals surface area contributed by atoms with Gasteiger partial charge in [-0.15, -0.1) is 0 Å². The van der Waals surface area contributed by atoms with Crippen LogP contribution in [0.2, 0.25) is 0 Å². The van der Waals surface area contributed by atoms with E-state index in [1.807, 2.05) is 19.3 Å². The van der Waals surface area contributed by atoms with Crippen LogP contribution in [0.1, 0.15) is 18.5 Å². The zero-order chi connectivity index (χ0) is 7.90. The number of aromatic nitrogens is 1. The molecular formula is C9H13NO. The predicted octanol–water partition coefficient (Wildman–Crippen LogP) is 1.05. The number of nitrogens with zero attached hydrogens (tertiary/aromatic N) is 1. The van der Waals surface area contributed by atoms with Crippen molar-refractivity contribution in [2.75, 3.05) is 6.61 Å². The van der Waals surface area contributed by atoms with E-state index < -0.39 is 0 Å². The molecule has 11 heavy (non-hydrogen) atoms. The smallest absolute Gasteiger partial charge is 0.0542 e. The predicted molar refractivity (Wildman–Crippen MR) is 43.4 cm³/mol. The van der Waals surface area contributed by atoms with Crippen molar-refractivity contribution in [1.82, 2.24) is 4.57 Å². The van der Waals surface area contributed by atoms with E-state index >= 15 is 0 Å². The molecule has 0 atom stereocenters. The highest BCUT2D eigenvalue weighted by Gasteiger charge is 2.45. The third-order valence-electron chi connectivity index (χ3n) is 2.64. The SMILES string of the molecule is Cn1cccc1C1(CO)CC1. The van der Waals surface area contributed by atoms with Gasteiger partial charge in [-0.2, -0.15) is 0 Å². The highest BCUT2D eigenvalue weighted by atomic mass is 16.3. The Bertz CT molecular complexity index is 260. The number of aliphatic hydroxyl groups excluding tert-OH is 1. The Morgan fingerprint density at radius 1 is 1.64 bits per heavy atom. The Morgan fingerprint density at radius 3 is 2.73 bits per heavy atom. The molecule has 0 aliphatic heterocycles. The lowest BCUT2D eigenvalue weighted by Crippen LogP contribution is -2.15. The maximum absolute atomic E-state index is 9.14. The third kappa shape index (κ3) is 0.897. The van der Waals surface area contributed by atoms with Gasteiger partial charge in [0.15, 0.2) is 0 Å². The van der Waals surface area contributed by atoms with Crippen LogP contribution in [0.5, 0.6) is 0 Å². The summed E-state index contributed by atoms with van der Waals surface area (Å²) in [6, 6.07) is 4.13. The maximum Gasteiger partial charge on any atom is 0.0542 e. The van der Waals surface area contributed by atoms with E-state index in [1.54, 1.807) is 0 Å². The Hall–Kier alpha value is -0.760. The van der Waals surface area contributed by atoms with E-state index in [-0.39, 0.29) is 5.41 Å². The molecule has 1 aromatic heterocycles. The van der Waals surface area contributed by atoms with Crippen LogP contribution in [-0.2, 0) is 12.5 Å². The fourth-order valence-corrected chi connectivity index (χ4v) is 1.66. The van der Waals surface area contributed by atoms with E-state index in [9.17, 15) is 0 Å². The second-order valence-corrected chi connectivity index (χ2v) is 3.44. The largest absolute Gasteiger partial charge is 0.395 e. The Morgan fingerprint density at radius 2 is 2.36 bits per heavy atom. The minimum Gasteiger partial charge on any atom is -0.395 e. The molecule has 60 valence electrons. The van der Waals surface area contributed by atoms with Gasteiger partial charge < -0.3 is 9.67 Å². The molecule has 0 amide bonds. The molecule has 2 rings (SSSR count). The van der Waals surface area contributed by atoms with Crippen LogP contribution in [-0.4, -0.2) is 16.3 Å². The minimum atomic E-state index is 0.123. The lowest BCUT2D eigenvalue weighted by molar-refractivity contribution is 0.250. The van der Waals surface area contributed by atoms with E-state index in [2.05, 4.69) is 10.6 Å². The summed E-state index contributed by atoms with van der Waals surface area (Å²) in [5.41, 5.74) is 1.40. The van der Waals surface area contributed by atoms with Crippen molar-refractivity contribution in [2.45, 2.75) is 18.3 Å². The Balaban J connectivity index is 2.35. The van der Waals surface area contributed by atoms with Crippen LogP contribution >= 0.6 is 0 Å². The summed E-state index contributed by atoms with van der Waals surface area (Å²) in [6.07, 6.45) is 4.31. The summed E-state index contributed by atoms with van der Waals surface area (Å²) in [7, 11) is 2.03. The molecule has 0 aromatic carbocycles. The van der Waals surface area contributed by atoms with Gasteiger partial charge in [-0.05, 0) is 25.0 Å². The minimum absolute atomic E-state index is 0.123. The zero-order valence-electron chi connectivity index (χ0n) is 6.75. The normalized spacial score (nSPS) is 20.2. The molecule has 2 heteroatoms. The summed E-state index contributed by atoms with van der Waals surface area (Å²) in [6.45, 7) is 0.296. The second-order valence-electron chi connectivity index (χ2n) is 3.44. The van der Waals surface area contributed by atoms with Crippen molar-refractivity contribution in [3.05, 3.63) is 24.0 Å². The summed E-state index contributed by atoms with van der Waals surface area (Å²) < 4.78 is 2.10. The highest BCUT2D eigenvalue weighted by molar-refractivity contribution is 5.26. The van der Waals surface area contributed by atoms with Crippen LogP contribution < -0.4 is 0 Å². The van der Waals surface area contributed by atoms with Crippen LogP contribution in [0.3, 0.4) is 0 Å². The molecule has 0 bridgehead atoms. The standard InChI is InChI=1S/C9H13NO/c1-10-6-2-3-8(10)9(7-11)4-5-9/h2-3,6,11H,4-5,7H2,1H3. The number of hydrogen-bond donors (Lipinski definition) is 1. The van der Waals surface area contributed by atoms with Gasteiger partial charge in [0, 0.05) is 24.4 Å². The Kier molecular flexibility index (Phi) is 1.33. The van der Waals surface area contributed by atoms with Gasteiger partial charge in [0.1, 0.15) is 0 Å². The summed E-state index contributed by atoms with van der Waals surface area (Å²) in [5.74, 6) is 0. The van der Waals surface area contributed by atoms with Gasteiger partial charge in [-0.25, -0.2) is 0 Å². The molecule has 1 fully saturated rings. The van der Waals surface area contributed by atoms with E-state index in [4.69, 9.17) is 5.11 Å². The highest BCUT2D eigenvalue weighted by Crippen LogP contribution is 2.47. The van der Waals surface area contributed by atoms with Gasteiger partial charge in [0.2, 0.25) is 0 Å². The van der Waals surface area contributed by atoms with Crippen molar-refractivity contribution in [3.63, 3.8) is 0 Å². The lowest BCUT2D eigenvalue weighted by atomic mass is 10.0. The summed E-state index contributed by atoms with van der Waals surface area (Å²) in [4.78, 5) is 0. The van der Waals surface area contributed by atoms with Crippen molar-refractivity contribution >= 4 is 0 Å². The molecule has 0 spiro atoms. The first-order chi connectivity index (χ1) is 5.28. The fraction of sp³-hybridized carbons (Fsp3) is 0.556. The molecule has 0 radical (unpaired) electrons. The molecule has 1 aliphatic carbocycles. The zero-order valence-corrected chi connectivity index (χ0v) is 6.75. The van der Waals surface area contributed by atoms with Gasteiger partial charge in [-0.3, -0.25) is 0 Å².